The lowest BCUT2D eigenvalue weighted by atomic mass is 9.79. The Hall–Kier alpha value is -2.73. The van der Waals surface area contributed by atoms with Gasteiger partial charge in [-0.25, -0.2) is 9.97 Å². The van der Waals surface area contributed by atoms with Gasteiger partial charge in [0, 0.05) is 18.9 Å². The lowest BCUT2D eigenvalue weighted by Gasteiger charge is -2.34. The Bertz CT molecular complexity index is 891. The maximum absolute atomic E-state index is 11.2. The van der Waals surface area contributed by atoms with E-state index in [4.69, 9.17) is 0 Å². The summed E-state index contributed by atoms with van der Waals surface area (Å²) in [6, 6.07) is 8.13. The average Bonchev–Trinajstić information content (AvgIpc) is 3.07. The second-order valence-electron chi connectivity index (χ2n) is 6.50. The molecule has 2 heterocycles. The molecule has 0 aliphatic heterocycles. The molecule has 4 rings (SSSR count). The van der Waals surface area contributed by atoms with Gasteiger partial charge in [0.25, 0.3) is 0 Å². The number of fused-ring (bicyclic) bond motifs is 1. The standard InChI is InChI=1S/C19H21N5O/c1-14-21-9-10-24(14)18-12-20-11-17(23-18)22-13-19(25)8-4-6-15-5-2-3-7-16(15)19/h2-3,5,7,9-12,25H,4,6,8,13H2,1H3,(H,22,23). The SMILES string of the molecule is Cc1nccn1-c1cncc(NCC2(O)CCCc3ccccc32)n1. The first-order valence-electron chi connectivity index (χ1n) is 8.53. The van der Waals surface area contributed by atoms with Gasteiger partial charge in [-0.2, -0.15) is 0 Å². The number of hydrogen-bond donors (Lipinski definition) is 2. The van der Waals surface area contributed by atoms with Crippen molar-refractivity contribution in [3.8, 4) is 5.82 Å². The zero-order valence-electron chi connectivity index (χ0n) is 14.2. The quantitative estimate of drug-likeness (QED) is 0.766. The van der Waals surface area contributed by atoms with Crippen molar-refractivity contribution < 1.29 is 5.11 Å². The Kier molecular flexibility index (Phi) is 3.97. The fraction of sp³-hybridized carbons (Fsp3) is 0.316. The van der Waals surface area contributed by atoms with E-state index in [9.17, 15) is 5.11 Å². The van der Waals surface area contributed by atoms with Crippen LogP contribution in [0.2, 0.25) is 0 Å². The van der Waals surface area contributed by atoms with Crippen LogP contribution in [-0.4, -0.2) is 31.2 Å². The summed E-state index contributed by atoms with van der Waals surface area (Å²) < 4.78 is 1.88. The molecule has 0 bridgehead atoms. The van der Waals surface area contributed by atoms with Crippen molar-refractivity contribution in [2.45, 2.75) is 31.8 Å². The molecule has 0 radical (unpaired) electrons. The molecular formula is C19H21N5O. The molecule has 2 N–H and O–H groups in total. The van der Waals surface area contributed by atoms with Crippen LogP contribution in [-0.2, 0) is 12.0 Å². The fourth-order valence-electron chi connectivity index (χ4n) is 3.50. The molecular weight excluding hydrogens is 314 g/mol. The van der Waals surface area contributed by atoms with E-state index in [1.165, 1.54) is 5.56 Å². The van der Waals surface area contributed by atoms with Gasteiger partial charge >= 0.3 is 0 Å². The Morgan fingerprint density at radius 1 is 1.28 bits per heavy atom. The van der Waals surface area contributed by atoms with Gasteiger partial charge < -0.3 is 10.4 Å². The van der Waals surface area contributed by atoms with E-state index in [1.807, 2.05) is 35.9 Å². The van der Waals surface area contributed by atoms with Crippen molar-refractivity contribution >= 4 is 5.82 Å². The molecule has 3 aromatic rings. The van der Waals surface area contributed by atoms with Crippen molar-refractivity contribution in [2.24, 2.45) is 0 Å². The summed E-state index contributed by atoms with van der Waals surface area (Å²) in [7, 11) is 0. The zero-order chi connectivity index (χ0) is 17.3. The van der Waals surface area contributed by atoms with Crippen LogP contribution in [0.15, 0.2) is 49.1 Å². The van der Waals surface area contributed by atoms with Crippen LogP contribution < -0.4 is 5.32 Å². The molecule has 6 nitrogen and oxygen atoms in total. The van der Waals surface area contributed by atoms with E-state index in [2.05, 4.69) is 26.3 Å². The van der Waals surface area contributed by atoms with E-state index in [1.54, 1.807) is 18.6 Å². The summed E-state index contributed by atoms with van der Waals surface area (Å²) in [6.07, 6.45) is 9.71. The summed E-state index contributed by atoms with van der Waals surface area (Å²) >= 11 is 0. The van der Waals surface area contributed by atoms with Crippen molar-refractivity contribution in [1.82, 2.24) is 19.5 Å². The summed E-state index contributed by atoms with van der Waals surface area (Å²) in [6.45, 7) is 2.33. The molecule has 0 amide bonds. The van der Waals surface area contributed by atoms with Crippen LogP contribution in [0, 0.1) is 6.92 Å². The molecule has 0 fully saturated rings. The van der Waals surface area contributed by atoms with Crippen LogP contribution in [0.25, 0.3) is 5.82 Å². The number of nitrogens with one attached hydrogen (secondary N) is 1. The maximum atomic E-state index is 11.2. The highest BCUT2D eigenvalue weighted by molar-refractivity contribution is 5.40. The van der Waals surface area contributed by atoms with Gasteiger partial charge in [0.15, 0.2) is 5.82 Å². The van der Waals surface area contributed by atoms with Crippen LogP contribution in [0.1, 0.15) is 29.8 Å². The Labute approximate surface area is 146 Å². The van der Waals surface area contributed by atoms with E-state index in [0.717, 1.165) is 30.7 Å². The van der Waals surface area contributed by atoms with Gasteiger partial charge in [-0.3, -0.25) is 9.55 Å². The van der Waals surface area contributed by atoms with Crippen LogP contribution >= 0.6 is 0 Å². The van der Waals surface area contributed by atoms with Gasteiger partial charge in [0.2, 0.25) is 0 Å². The topological polar surface area (TPSA) is 75.9 Å². The number of nitrogens with zero attached hydrogens (tertiary/aromatic N) is 4. The van der Waals surface area contributed by atoms with E-state index in [-0.39, 0.29) is 0 Å². The van der Waals surface area contributed by atoms with Crippen LogP contribution in [0.3, 0.4) is 0 Å². The molecule has 2 aromatic heterocycles. The lowest BCUT2D eigenvalue weighted by molar-refractivity contribution is 0.0322. The van der Waals surface area contributed by atoms with Gasteiger partial charge in [0.1, 0.15) is 17.2 Å². The smallest absolute Gasteiger partial charge is 0.159 e. The number of aromatic nitrogens is 4. The third-order valence-corrected chi connectivity index (χ3v) is 4.81. The molecule has 0 saturated carbocycles. The highest BCUT2D eigenvalue weighted by Crippen LogP contribution is 2.35. The largest absolute Gasteiger partial charge is 0.383 e. The molecule has 1 aliphatic rings. The minimum absolute atomic E-state index is 0.408. The van der Waals surface area contributed by atoms with Gasteiger partial charge in [-0.15, -0.1) is 0 Å². The number of benzene rings is 1. The van der Waals surface area contributed by atoms with Crippen LogP contribution in [0.5, 0.6) is 0 Å². The molecule has 128 valence electrons. The first-order chi connectivity index (χ1) is 12.2. The highest BCUT2D eigenvalue weighted by atomic mass is 16.3. The summed E-state index contributed by atoms with van der Waals surface area (Å²) in [5.41, 5.74) is 1.37. The predicted octanol–water partition coefficient (Wildman–Crippen LogP) is 2.61. The van der Waals surface area contributed by atoms with E-state index >= 15 is 0 Å². The van der Waals surface area contributed by atoms with Gasteiger partial charge in [-0.1, -0.05) is 24.3 Å². The molecule has 1 aromatic carbocycles. The second kappa shape index (κ2) is 6.29. The third-order valence-electron chi connectivity index (χ3n) is 4.81. The Morgan fingerprint density at radius 3 is 3.00 bits per heavy atom. The maximum Gasteiger partial charge on any atom is 0.159 e. The number of imidazole rings is 1. The first-order valence-corrected chi connectivity index (χ1v) is 8.53. The summed E-state index contributed by atoms with van der Waals surface area (Å²) in [5, 5.41) is 14.4. The number of hydrogen-bond acceptors (Lipinski definition) is 5. The van der Waals surface area contributed by atoms with Crippen molar-refractivity contribution in [3.63, 3.8) is 0 Å². The number of aryl methyl sites for hydroxylation is 2. The summed E-state index contributed by atoms with van der Waals surface area (Å²) in [4.78, 5) is 13.1. The minimum atomic E-state index is -0.878. The molecule has 0 spiro atoms. The predicted molar refractivity (Wildman–Crippen MR) is 95.7 cm³/mol. The number of rotatable bonds is 4. The monoisotopic (exact) mass is 335 g/mol. The molecule has 25 heavy (non-hydrogen) atoms. The van der Waals surface area contributed by atoms with E-state index < -0.39 is 5.60 Å². The number of anilines is 1. The fourth-order valence-corrected chi connectivity index (χ4v) is 3.50. The van der Waals surface area contributed by atoms with Gasteiger partial charge in [0.05, 0.1) is 12.4 Å². The average molecular weight is 335 g/mol. The molecule has 0 saturated heterocycles. The molecule has 1 aliphatic carbocycles. The van der Waals surface area contributed by atoms with Crippen molar-refractivity contribution in [1.29, 1.82) is 0 Å². The molecule has 1 atom stereocenters. The molecule has 6 heteroatoms. The van der Waals surface area contributed by atoms with Crippen LogP contribution in [0.4, 0.5) is 5.82 Å². The number of aliphatic hydroxyl groups is 1. The van der Waals surface area contributed by atoms with Gasteiger partial charge in [-0.05, 0) is 37.3 Å². The van der Waals surface area contributed by atoms with Crippen molar-refractivity contribution in [2.75, 3.05) is 11.9 Å². The van der Waals surface area contributed by atoms with Crippen molar-refractivity contribution in [3.05, 3.63) is 66.0 Å². The third kappa shape index (κ3) is 3.00. The minimum Gasteiger partial charge on any atom is -0.383 e. The zero-order valence-corrected chi connectivity index (χ0v) is 14.2. The molecule has 1 unspecified atom stereocenters. The first kappa shape index (κ1) is 15.8. The summed E-state index contributed by atoms with van der Waals surface area (Å²) in [5.74, 6) is 2.20. The Balaban J connectivity index is 1.55. The Morgan fingerprint density at radius 2 is 2.16 bits per heavy atom. The normalized spacial score (nSPS) is 19.4. The highest BCUT2D eigenvalue weighted by Gasteiger charge is 2.33. The van der Waals surface area contributed by atoms with E-state index in [0.29, 0.717) is 18.2 Å². The second-order valence-corrected chi connectivity index (χ2v) is 6.50. The lowest BCUT2D eigenvalue weighted by Crippen LogP contribution is -2.37.